The number of carbonyl (C=O) groups is 1. The lowest BCUT2D eigenvalue weighted by Crippen LogP contribution is -2.38. The summed E-state index contributed by atoms with van der Waals surface area (Å²) in [7, 11) is 0.713. The van der Waals surface area contributed by atoms with Gasteiger partial charge in [0, 0.05) is 41.5 Å². The summed E-state index contributed by atoms with van der Waals surface area (Å²) in [6.07, 6.45) is 0. The summed E-state index contributed by atoms with van der Waals surface area (Å²) in [6.45, 7) is 4.49. The third-order valence-electron chi connectivity index (χ3n) is 3.70. The molecular formula is C17H23N3O3S. The maximum atomic E-state index is 12.1. The van der Waals surface area contributed by atoms with Crippen LogP contribution >= 0.6 is 0 Å². The highest BCUT2D eigenvalue weighted by Crippen LogP contribution is 2.14. The zero-order valence-corrected chi connectivity index (χ0v) is 15.1. The van der Waals surface area contributed by atoms with Crippen molar-refractivity contribution in [1.82, 2.24) is 15.4 Å². The fourth-order valence-corrected chi connectivity index (χ4v) is 3.31. The Morgan fingerprint density at radius 2 is 2.00 bits per heavy atom. The fourth-order valence-electron chi connectivity index (χ4n) is 2.28. The monoisotopic (exact) mass is 349 g/mol. The van der Waals surface area contributed by atoms with Crippen molar-refractivity contribution in [2.75, 3.05) is 19.3 Å². The van der Waals surface area contributed by atoms with Crippen LogP contribution in [0, 0.1) is 13.8 Å². The van der Waals surface area contributed by atoms with E-state index in [-0.39, 0.29) is 6.03 Å². The normalized spacial score (nSPS) is 12.0. The number of nitrogens with zero attached hydrogens (tertiary/aromatic N) is 2. The van der Waals surface area contributed by atoms with Crippen molar-refractivity contribution in [2.45, 2.75) is 26.1 Å². The summed E-state index contributed by atoms with van der Waals surface area (Å²) < 4.78 is 17.1. The predicted octanol–water partition coefficient (Wildman–Crippen LogP) is 2.38. The molecular weight excluding hydrogens is 326 g/mol. The van der Waals surface area contributed by atoms with Crippen molar-refractivity contribution in [3.8, 4) is 0 Å². The van der Waals surface area contributed by atoms with Crippen LogP contribution in [0.25, 0.3) is 0 Å². The Hall–Kier alpha value is -2.15. The molecule has 0 saturated heterocycles. The van der Waals surface area contributed by atoms with Gasteiger partial charge in [-0.1, -0.05) is 35.5 Å². The number of hydrogen-bond acceptors (Lipinski definition) is 4. The van der Waals surface area contributed by atoms with Crippen molar-refractivity contribution in [3.63, 3.8) is 0 Å². The minimum atomic E-state index is -0.998. The Bertz CT molecular complexity index is 681. The van der Waals surface area contributed by atoms with E-state index in [1.54, 1.807) is 11.9 Å². The van der Waals surface area contributed by atoms with E-state index in [1.807, 2.05) is 44.2 Å². The van der Waals surface area contributed by atoms with E-state index in [1.165, 1.54) is 0 Å². The summed E-state index contributed by atoms with van der Waals surface area (Å²) in [5.74, 6) is 1.65. The number of aryl methyl sites for hydroxylation is 2. The maximum absolute atomic E-state index is 12.1. The second-order valence-electron chi connectivity index (χ2n) is 5.66. The Balaban J connectivity index is 1.73. The third kappa shape index (κ3) is 5.19. The van der Waals surface area contributed by atoms with Crippen LogP contribution in [0.4, 0.5) is 4.79 Å². The first-order valence-corrected chi connectivity index (χ1v) is 9.25. The van der Waals surface area contributed by atoms with E-state index in [0.29, 0.717) is 24.6 Å². The molecule has 0 spiro atoms. The van der Waals surface area contributed by atoms with Crippen LogP contribution in [-0.2, 0) is 23.1 Å². The smallest absolute Gasteiger partial charge is 0.317 e. The average Bonchev–Trinajstić information content (AvgIpc) is 2.87. The second kappa shape index (κ2) is 8.63. The molecule has 7 heteroatoms. The summed E-state index contributed by atoms with van der Waals surface area (Å²) in [6, 6.07) is 9.49. The van der Waals surface area contributed by atoms with E-state index < -0.39 is 10.8 Å². The van der Waals surface area contributed by atoms with Crippen LogP contribution in [-0.4, -0.2) is 39.6 Å². The van der Waals surface area contributed by atoms with Crippen molar-refractivity contribution < 1.29 is 13.5 Å². The number of amides is 2. The molecule has 6 nitrogen and oxygen atoms in total. The first-order chi connectivity index (χ1) is 11.5. The van der Waals surface area contributed by atoms with Gasteiger partial charge in [0.05, 0.1) is 12.2 Å². The molecule has 0 unspecified atom stereocenters. The molecule has 2 rings (SSSR count). The quantitative estimate of drug-likeness (QED) is 0.833. The first-order valence-electron chi connectivity index (χ1n) is 7.77. The zero-order chi connectivity index (χ0) is 17.5. The van der Waals surface area contributed by atoms with Gasteiger partial charge in [-0.15, -0.1) is 0 Å². The van der Waals surface area contributed by atoms with Gasteiger partial charge in [-0.3, -0.25) is 4.21 Å². The number of carbonyl (C=O) groups excluding carboxylic acids is 1. The number of hydrogen-bond donors (Lipinski definition) is 1. The highest BCUT2D eigenvalue weighted by atomic mass is 32.2. The minimum Gasteiger partial charge on any atom is -0.361 e. The second-order valence-corrected chi connectivity index (χ2v) is 7.24. The van der Waals surface area contributed by atoms with Gasteiger partial charge in [0.1, 0.15) is 5.76 Å². The van der Waals surface area contributed by atoms with Gasteiger partial charge in [-0.2, -0.15) is 0 Å². The van der Waals surface area contributed by atoms with Crippen LogP contribution in [0.5, 0.6) is 0 Å². The lowest BCUT2D eigenvalue weighted by Gasteiger charge is -2.17. The average molecular weight is 349 g/mol. The molecule has 24 heavy (non-hydrogen) atoms. The van der Waals surface area contributed by atoms with Crippen LogP contribution in [0.15, 0.2) is 34.9 Å². The highest BCUT2D eigenvalue weighted by Gasteiger charge is 2.15. The lowest BCUT2D eigenvalue weighted by atomic mass is 10.2. The van der Waals surface area contributed by atoms with Crippen molar-refractivity contribution >= 4 is 16.8 Å². The summed E-state index contributed by atoms with van der Waals surface area (Å²) in [4.78, 5) is 13.7. The van der Waals surface area contributed by atoms with Gasteiger partial charge < -0.3 is 14.7 Å². The molecule has 2 amide bonds. The predicted molar refractivity (Wildman–Crippen MR) is 94.0 cm³/mol. The Labute approximate surface area is 144 Å². The molecule has 1 heterocycles. The van der Waals surface area contributed by atoms with E-state index in [0.717, 1.165) is 22.6 Å². The number of urea groups is 1. The molecule has 1 atom stereocenters. The van der Waals surface area contributed by atoms with Gasteiger partial charge in [-0.25, -0.2) is 4.79 Å². The van der Waals surface area contributed by atoms with Gasteiger partial charge in [0.25, 0.3) is 0 Å². The topological polar surface area (TPSA) is 75.4 Å². The minimum absolute atomic E-state index is 0.202. The number of aromatic nitrogens is 1. The van der Waals surface area contributed by atoms with E-state index >= 15 is 0 Å². The molecule has 0 fully saturated rings. The Morgan fingerprint density at radius 3 is 2.62 bits per heavy atom. The first kappa shape index (κ1) is 18.2. The molecule has 1 N–H and O–H groups in total. The number of nitrogens with one attached hydrogen (secondary N) is 1. The zero-order valence-electron chi connectivity index (χ0n) is 14.2. The molecule has 1 aromatic heterocycles. The summed E-state index contributed by atoms with van der Waals surface area (Å²) in [5, 5.41) is 6.67. The maximum Gasteiger partial charge on any atom is 0.317 e. The fraction of sp³-hybridized carbons (Fsp3) is 0.412. The number of rotatable bonds is 7. The van der Waals surface area contributed by atoms with Crippen LogP contribution in [0.1, 0.15) is 22.6 Å². The van der Waals surface area contributed by atoms with Gasteiger partial charge in [0.2, 0.25) is 0 Å². The van der Waals surface area contributed by atoms with Gasteiger partial charge >= 0.3 is 6.03 Å². The van der Waals surface area contributed by atoms with E-state index in [9.17, 15) is 9.00 Å². The third-order valence-corrected chi connectivity index (χ3v) is 5.01. The van der Waals surface area contributed by atoms with E-state index in [2.05, 4.69) is 10.5 Å². The Morgan fingerprint density at radius 1 is 1.29 bits per heavy atom. The molecule has 0 aliphatic carbocycles. The van der Waals surface area contributed by atoms with Crippen molar-refractivity contribution in [3.05, 3.63) is 52.9 Å². The van der Waals surface area contributed by atoms with Crippen LogP contribution in [0.2, 0.25) is 0 Å². The summed E-state index contributed by atoms with van der Waals surface area (Å²) >= 11 is 0. The molecule has 1 aromatic carbocycles. The molecule has 0 bridgehead atoms. The highest BCUT2D eigenvalue weighted by molar-refractivity contribution is 7.84. The molecule has 2 aromatic rings. The Kier molecular flexibility index (Phi) is 6.54. The van der Waals surface area contributed by atoms with Crippen molar-refractivity contribution in [2.24, 2.45) is 0 Å². The van der Waals surface area contributed by atoms with Crippen LogP contribution in [0.3, 0.4) is 0 Å². The van der Waals surface area contributed by atoms with Crippen LogP contribution < -0.4 is 5.32 Å². The van der Waals surface area contributed by atoms with E-state index in [4.69, 9.17) is 4.52 Å². The van der Waals surface area contributed by atoms with Gasteiger partial charge in [-0.05, 0) is 19.4 Å². The molecule has 0 aliphatic heterocycles. The summed E-state index contributed by atoms with van der Waals surface area (Å²) in [5.41, 5.74) is 2.74. The van der Waals surface area contributed by atoms with Gasteiger partial charge in [0.15, 0.2) is 0 Å². The number of benzene rings is 1. The lowest BCUT2D eigenvalue weighted by molar-refractivity contribution is 0.207. The standard InChI is InChI=1S/C17H23N3O3S/c1-13-16(14(2)23-19-13)11-20(3)17(21)18-9-10-24(22)12-15-7-5-4-6-8-15/h4-8H,9-12H2,1-3H3,(H,18,21)/t24-/m0/s1. The molecule has 130 valence electrons. The molecule has 0 saturated carbocycles. The van der Waals surface area contributed by atoms with Crippen molar-refractivity contribution in [1.29, 1.82) is 0 Å². The largest absolute Gasteiger partial charge is 0.361 e. The molecule has 0 aliphatic rings. The molecule has 0 radical (unpaired) electrons. The SMILES string of the molecule is Cc1noc(C)c1CN(C)C(=O)NCC[S@](=O)Cc1ccccc1.